The summed E-state index contributed by atoms with van der Waals surface area (Å²) in [6.45, 7) is 3.60. The van der Waals surface area contributed by atoms with Crippen molar-refractivity contribution in [2.24, 2.45) is 0 Å². The van der Waals surface area contributed by atoms with E-state index in [0.717, 1.165) is 6.54 Å². The van der Waals surface area contributed by atoms with Gasteiger partial charge in [-0.1, -0.05) is 12.0 Å². The molecule has 4 heterocycles. The fourth-order valence-corrected chi connectivity index (χ4v) is 4.24. The van der Waals surface area contributed by atoms with Crippen molar-refractivity contribution >= 4 is 17.2 Å². The van der Waals surface area contributed by atoms with Gasteiger partial charge in [0.2, 0.25) is 0 Å². The predicted octanol–water partition coefficient (Wildman–Crippen LogP) is 3.50. The molecule has 0 radical (unpaired) electrons. The summed E-state index contributed by atoms with van der Waals surface area (Å²) < 4.78 is 57.9. The number of carbonyl (C=O) groups is 1. The minimum absolute atomic E-state index is 0.0341. The zero-order valence-electron chi connectivity index (χ0n) is 20.1. The van der Waals surface area contributed by atoms with Crippen LogP contribution in [-0.4, -0.2) is 70.1 Å². The summed E-state index contributed by atoms with van der Waals surface area (Å²) in [5.74, 6) is 5.46. The van der Waals surface area contributed by atoms with E-state index in [0.29, 0.717) is 24.3 Å². The molecular formula is C25H28F4N6O. The highest BCUT2D eigenvalue weighted by molar-refractivity contribution is 5.94. The monoisotopic (exact) mass is 504 g/mol. The maximum Gasteiger partial charge on any atom is 0.393 e. The fraction of sp³-hybridized carbons (Fsp3) is 0.440. The van der Waals surface area contributed by atoms with E-state index in [1.807, 2.05) is 23.4 Å². The molecule has 2 atom stereocenters. The summed E-state index contributed by atoms with van der Waals surface area (Å²) in [5, 5.41) is 10.1. The summed E-state index contributed by atoms with van der Waals surface area (Å²) in [4.78, 5) is 14.2. The Morgan fingerprint density at radius 2 is 2.08 bits per heavy atom. The van der Waals surface area contributed by atoms with Gasteiger partial charge >= 0.3 is 6.18 Å². The normalized spacial score (nSPS) is 18.6. The smallest absolute Gasteiger partial charge is 0.364 e. The van der Waals surface area contributed by atoms with E-state index in [9.17, 15) is 22.4 Å². The number of aromatic nitrogens is 3. The van der Waals surface area contributed by atoms with Gasteiger partial charge in [0.1, 0.15) is 17.7 Å². The molecule has 192 valence electrons. The van der Waals surface area contributed by atoms with Crippen molar-refractivity contribution in [1.82, 2.24) is 24.4 Å². The molecular weight excluding hydrogens is 476 g/mol. The highest BCUT2D eigenvalue weighted by atomic mass is 19.4. The van der Waals surface area contributed by atoms with Crippen LogP contribution in [0.25, 0.3) is 5.52 Å². The second kappa shape index (κ2) is 10.6. The van der Waals surface area contributed by atoms with E-state index >= 15 is 0 Å². The summed E-state index contributed by atoms with van der Waals surface area (Å²) in [5.41, 5.74) is 0.619. The number of pyridine rings is 1. The number of alkyl halides is 4. The fourth-order valence-electron chi connectivity index (χ4n) is 4.24. The molecule has 0 bridgehead atoms. The molecule has 3 aromatic rings. The van der Waals surface area contributed by atoms with Gasteiger partial charge in [-0.25, -0.2) is 8.91 Å². The Hall–Kier alpha value is -3.52. The van der Waals surface area contributed by atoms with Gasteiger partial charge < -0.3 is 20.1 Å². The minimum Gasteiger partial charge on any atom is -0.364 e. The molecule has 0 aromatic carbocycles. The molecule has 2 N–H and O–H groups in total. The number of carbonyl (C=O) groups excluding carboxylic acids is 1. The van der Waals surface area contributed by atoms with Crippen LogP contribution < -0.4 is 10.6 Å². The second-order valence-corrected chi connectivity index (χ2v) is 8.86. The lowest BCUT2D eigenvalue weighted by Gasteiger charge is -2.33. The molecule has 1 aliphatic heterocycles. The zero-order chi connectivity index (χ0) is 25.9. The molecule has 1 amide bonds. The molecule has 36 heavy (non-hydrogen) atoms. The van der Waals surface area contributed by atoms with Crippen molar-refractivity contribution in [3.8, 4) is 11.8 Å². The number of likely N-dealkylation sites (tertiary alicyclic amines) is 1. The third kappa shape index (κ3) is 5.99. The maximum absolute atomic E-state index is 14.6. The van der Waals surface area contributed by atoms with Gasteiger partial charge in [0.25, 0.3) is 5.91 Å². The van der Waals surface area contributed by atoms with Gasteiger partial charge in [0, 0.05) is 37.6 Å². The van der Waals surface area contributed by atoms with Crippen LogP contribution in [0.2, 0.25) is 0 Å². The van der Waals surface area contributed by atoms with Crippen molar-refractivity contribution in [2.45, 2.75) is 44.7 Å². The Kier molecular flexibility index (Phi) is 7.54. The number of anilines is 1. The van der Waals surface area contributed by atoms with Crippen molar-refractivity contribution in [3.05, 3.63) is 53.5 Å². The molecule has 7 nitrogen and oxygen atoms in total. The lowest BCUT2D eigenvalue weighted by molar-refractivity contribution is -0.127. The van der Waals surface area contributed by atoms with Crippen molar-refractivity contribution in [2.75, 3.05) is 32.0 Å². The Bertz CT molecular complexity index is 1290. The summed E-state index contributed by atoms with van der Waals surface area (Å²) in [6.07, 6.45) is -2.76. The van der Waals surface area contributed by atoms with E-state index in [2.05, 4.69) is 27.6 Å². The van der Waals surface area contributed by atoms with Gasteiger partial charge in [-0.05, 0) is 44.5 Å². The molecule has 0 unspecified atom stereocenters. The molecule has 0 spiro atoms. The number of piperidine rings is 1. The highest BCUT2D eigenvalue weighted by Gasteiger charge is 2.32. The number of amides is 1. The Labute approximate surface area is 206 Å². The second-order valence-electron chi connectivity index (χ2n) is 8.86. The number of fused-ring (bicyclic) bond motifs is 1. The van der Waals surface area contributed by atoms with E-state index in [4.69, 9.17) is 0 Å². The first-order valence-electron chi connectivity index (χ1n) is 11.7. The SMILES string of the molecule is CCn1ccc(C(=O)NCC#Cc2nn3c(N[C@@H]4CCN(C)C[C@@H]4F)cccc3c2CC(F)(F)F)c1. The standard InChI is InChI=1S/C25H28F4N6O/c1-3-34-13-9-17(15-34)24(36)30-11-5-6-20-18(14-25(27,28)29)22-7-4-8-23(35(22)32-20)31-21-10-12-33(2)16-19(21)26/h4,7-9,13,15,19,21,31H,3,10-12,14,16H2,1-2H3,(H,30,36)/t19-,21+/m0/s1. The molecule has 1 saturated heterocycles. The van der Waals surface area contributed by atoms with Crippen molar-refractivity contribution in [1.29, 1.82) is 0 Å². The first-order chi connectivity index (χ1) is 17.1. The number of rotatable bonds is 6. The number of nitrogens with one attached hydrogen (secondary N) is 2. The number of halogens is 4. The lowest BCUT2D eigenvalue weighted by Crippen LogP contribution is -2.46. The zero-order valence-corrected chi connectivity index (χ0v) is 20.1. The van der Waals surface area contributed by atoms with E-state index in [-0.39, 0.29) is 35.8 Å². The van der Waals surface area contributed by atoms with E-state index < -0.39 is 24.8 Å². The quantitative estimate of drug-likeness (QED) is 0.399. The Morgan fingerprint density at radius 3 is 2.78 bits per heavy atom. The molecule has 0 saturated carbocycles. The van der Waals surface area contributed by atoms with Gasteiger partial charge in [-0.2, -0.15) is 18.3 Å². The Morgan fingerprint density at radius 1 is 1.28 bits per heavy atom. The third-order valence-corrected chi connectivity index (χ3v) is 6.14. The largest absolute Gasteiger partial charge is 0.393 e. The van der Waals surface area contributed by atoms with Crippen LogP contribution in [-0.2, 0) is 13.0 Å². The van der Waals surface area contributed by atoms with Gasteiger partial charge in [-0.15, -0.1) is 0 Å². The third-order valence-electron chi connectivity index (χ3n) is 6.14. The molecule has 0 aliphatic carbocycles. The molecule has 1 aliphatic rings. The summed E-state index contributed by atoms with van der Waals surface area (Å²) in [7, 11) is 1.84. The number of aryl methyl sites for hydroxylation is 1. The number of hydrogen-bond donors (Lipinski definition) is 2. The van der Waals surface area contributed by atoms with Crippen LogP contribution in [0.15, 0.2) is 36.7 Å². The minimum atomic E-state index is -4.47. The topological polar surface area (TPSA) is 66.6 Å². The number of nitrogens with zero attached hydrogens (tertiary/aromatic N) is 4. The van der Waals surface area contributed by atoms with Crippen LogP contribution in [0.5, 0.6) is 0 Å². The molecule has 4 rings (SSSR count). The van der Waals surface area contributed by atoms with Crippen LogP contribution >= 0.6 is 0 Å². The Balaban J connectivity index is 1.57. The molecule has 1 fully saturated rings. The van der Waals surface area contributed by atoms with Gasteiger partial charge in [-0.3, -0.25) is 4.79 Å². The molecule has 11 heteroatoms. The van der Waals surface area contributed by atoms with Crippen molar-refractivity contribution < 1.29 is 22.4 Å². The maximum atomic E-state index is 14.6. The van der Waals surface area contributed by atoms with Crippen LogP contribution in [0.4, 0.5) is 23.4 Å². The highest BCUT2D eigenvalue weighted by Crippen LogP contribution is 2.28. The average Bonchev–Trinajstić information content (AvgIpc) is 3.43. The van der Waals surface area contributed by atoms with Gasteiger partial charge in [0.05, 0.1) is 30.1 Å². The molecule has 3 aromatic heterocycles. The summed E-state index contributed by atoms with van der Waals surface area (Å²) >= 11 is 0. The first-order valence-corrected chi connectivity index (χ1v) is 11.7. The summed E-state index contributed by atoms with van der Waals surface area (Å²) in [6, 6.07) is 6.00. The van der Waals surface area contributed by atoms with Crippen LogP contribution in [0.1, 0.15) is 35.0 Å². The van der Waals surface area contributed by atoms with Crippen LogP contribution in [0.3, 0.4) is 0 Å². The number of hydrogen-bond acceptors (Lipinski definition) is 4. The van der Waals surface area contributed by atoms with E-state index in [1.165, 1.54) is 10.6 Å². The van der Waals surface area contributed by atoms with Crippen LogP contribution in [0, 0.1) is 11.8 Å². The lowest BCUT2D eigenvalue weighted by atomic mass is 10.0. The first kappa shape index (κ1) is 25.6. The van der Waals surface area contributed by atoms with E-state index in [1.54, 1.807) is 30.6 Å². The van der Waals surface area contributed by atoms with Crippen molar-refractivity contribution in [3.63, 3.8) is 0 Å². The average molecular weight is 505 g/mol. The van der Waals surface area contributed by atoms with Gasteiger partial charge in [0.15, 0.2) is 0 Å². The predicted molar refractivity (Wildman–Crippen MR) is 129 cm³/mol.